The number of benzene rings is 1. The smallest absolute Gasteiger partial charge is 0.394 e. The summed E-state index contributed by atoms with van der Waals surface area (Å²) < 4.78 is 78.1. The van der Waals surface area contributed by atoms with Crippen molar-refractivity contribution in [1.82, 2.24) is 19.9 Å². The number of halogens is 6. The highest BCUT2D eigenvalue weighted by Crippen LogP contribution is 2.32. The normalized spacial score (nSPS) is 12.2. The lowest BCUT2D eigenvalue weighted by Gasteiger charge is -2.15. The van der Waals surface area contributed by atoms with Gasteiger partial charge in [-0.25, -0.2) is 4.98 Å². The van der Waals surface area contributed by atoms with E-state index in [0.717, 1.165) is 30.3 Å². The van der Waals surface area contributed by atoms with E-state index in [4.69, 9.17) is 0 Å². The van der Waals surface area contributed by atoms with Crippen LogP contribution in [-0.4, -0.2) is 49.4 Å². The Hall–Kier alpha value is -3.52. The molecule has 8 nitrogen and oxygen atoms in total. The molecule has 0 aliphatic heterocycles. The molecule has 0 amide bonds. The second-order valence-corrected chi connectivity index (χ2v) is 6.62. The molecular formula is C19H16F6N6O2. The van der Waals surface area contributed by atoms with Crippen LogP contribution in [0.3, 0.4) is 0 Å². The molecule has 176 valence electrons. The number of hydrogen-bond acceptors (Lipinski definition) is 8. The summed E-state index contributed by atoms with van der Waals surface area (Å²) in [5.41, 5.74) is -2.48. The first kappa shape index (κ1) is 24.1. The van der Waals surface area contributed by atoms with Crippen molar-refractivity contribution in [3.63, 3.8) is 0 Å². The third kappa shape index (κ3) is 6.26. The van der Waals surface area contributed by atoms with Crippen LogP contribution in [0, 0.1) is 0 Å². The van der Waals surface area contributed by atoms with Crippen molar-refractivity contribution < 1.29 is 36.6 Å². The summed E-state index contributed by atoms with van der Waals surface area (Å²) in [5.74, 6) is -0.903. The maximum absolute atomic E-state index is 13.0. The van der Waals surface area contributed by atoms with Gasteiger partial charge in [0.1, 0.15) is 11.4 Å². The van der Waals surface area contributed by atoms with Gasteiger partial charge in [-0.15, -0.1) is 0 Å². The Labute approximate surface area is 182 Å². The third-order valence-corrected chi connectivity index (χ3v) is 4.12. The molecule has 14 heteroatoms. The fourth-order valence-electron chi connectivity index (χ4n) is 2.56. The Bertz CT molecular complexity index is 1100. The molecular weight excluding hydrogens is 458 g/mol. The van der Waals surface area contributed by atoms with Gasteiger partial charge in [-0.3, -0.25) is 0 Å². The zero-order valence-electron chi connectivity index (χ0n) is 16.5. The summed E-state index contributed by atoms with van der Waals surface area (Å²) in [5, 5.41) is 23.6. The van der Waals surface area contributed by atoms with Gasteiger partial charge in [0.25, 0.3) is 0 Å². The Kier molecular flexibility index (Phi) is 6.98. The molecule has 0 saturated heterocycles. The SMILES string of the molecule is OCC(CO)Nc1nc(Nc2cccc(C(F)(F)F)c2)nc(-c2cccc(C(F)(F)F)n2)n1. The molecule has 0 aliphatic carbocycles. The molecule has 0 unspecified atom stereocenters. The molecule has 3 rings (SSSR count). The molecule has 0 aliphatic rings. The van der Waals surface area contributed by atoms with Gasteiger partial charge in [0.05, 0.1) is 24.8 Å². The van der Waals surface area contributed by atoms with Crippen molar-refractivity contribution in [1.29, 1.82) is 0 Å². The minimum Gasteiger partial charge on any atom is -0.394 e. The van der Waals surface area contributed by atoms with Crippen molar-refractivity contribution in [3.05, 3.63) is 53.7 Å². The second kappa shape index (κ2) is 9.54. The van der Waals surface area contributed by atoms with Crippen molar-refractivity contribution in [2.45, 2.75) is 18.4 Å². The lowest BCUT2D eigenvalue weighted by atomic mass is 10.2. The molecule has 4 N–H and O–H groups in total. The number of anilines is 3. The molecule has 1 aromatic carbocycles. The van der Waals surface area contributed by atoms with Crippen molar-refractivity contribution in [2.24, 2.45) is 0 Å². The minimum absolute atomic E-state index is 0.0502. The number of aliphatic hydroxyl groups excluding tert-OH is 2. The van der Waals surface area contributed by atoms with E-state index in [1.165, 1.54) is 12.1 Å². The largest absolute Gasteiger partial charge is 0.433 e. The van der Waals surface area contributed by atoms with E-state index in [1.807, 2.05) is 0 Å². The van der Waals surface area contributed by atoms with Gasteiger partial charge in [-0.05, 0) is 30.3 Å². The van der Waals surface area contributed by atoms with Gasteiger partial charge in [0.15, 0.2) is 5.82 Å². The van der Waals surface area contributed by atoms with Crippen LogP contribution >= 0.6 is 0 Å². The van der Waals surface area contributed by atoms with Gasteiger partial charge in [-0.1, -0.05) is 12.1 Å². The van der Waals surface area contributed by atoms with E-state index in [-0.39, 0.29) is 29.1 Å². The fraction of sp³-hybridized carbons (Fsp3) is 0.263. The van der Waals surface area contributed by atoms with Crippen LogP contribution in [0.1, 0.15) is 11.3 Å². The van der Waals surface area contributed by atoms with E-state index >= 15 is 0 Å². The van der Waals surface area contributed by atoms with E-state index in [1.54, 1.807) is 0 Å². The van der Waals surface area contributed by atoms with Gasteiger partial charge in [0, 0.05) is 5.69 Å². The average molecular weight is 474 g/mol. The topological polar surface area (TPSA) is 116 Å². The van der Waals surface area contributed by atoms with Crippen LogP contribution in [0.25, 0.3) is 11.5 Å². The predicted molar refractivity (Wildman–Crippen MR) is 104 cm³/mol. The molecule has 0 bridgehead atoms. The number of aliphatic hydroxyl groups is 2. The van der Waals surface area contributed by atoms with E-state index < -0.39 is 42.9 Å². The van der Waals surface area contributed by atoms with Gasteiger partial charge < -0.3 is 20.8 Å². The zero-order valence-corrected chi connectivity index (χ0v) is 16.5. The molecule has 3 aromatic rings. The quantitative estimate of drug-likeness (QED) is 0.385. The lowest BCUT2D eigenvalue weighted by Crippen LogP contribution is -2.29. The summed E-state index contributed by atoms with van der Waals surface area (Å²) in [6, 6.07) is 6.23. The summed E-state index contributed by atoms with van der Waals surface area (Å²) in [7, 11) is 0. The van der Waals surface area contributed by atoms with Gasteiger partial charge >= 0.3 is 12.4 Å². The standard InChI is InChI=1S/C19H16F6N6O2/c20-18(21,22)10-3-1-4-11(7-10)26-16-29-15(30-17(31-16)27-12(8-32)9-33)13-5-2-6-14(28-13)19(23,24)25/h1-7,12,32-33H,8-9H2,(H2,26,27,29,30,31). The number of hydrogen-bond donors (Lipinski definition) is 4. The highest BCUT2D eigenvalue weighted by Gasteiger charge is 2.33. The van der Waals surface area contributed by atoms with Gasteiger partial charge in [0.2, 0.25) is 11.9 Å². The van der Waals surface area contributed by atoms with Crippen molar-refractivity contribution in [3.8, 4) is 11.5 Å². The third-order valence-electron chi connectivity index (χ3n) is 4.12. The zero-order chi connectivity index (χ0) is 24.2. The lowest BCUT2D eigenvalue weighted by molar-refractivity contribution is -0.141. The maximum Gasteiger partial charge on any atom is 0.433 e. The molecule has 0 saturated carbocycles. The summed E-state index contributed by atoms with van der Waals surface area (Å²) in [6.45, 7) is -1.06. The molecule has 33 heavy (non-hydrogen) atoms. The van der Waals surface area contributed by atoms with Crippen LogP contribution in [-0.2, 0) is 12.4 Å². The van der Waals surface area contributed by atoms with E-state index in [0.29, 0.717) is 0 Å². The van der Waals surface area contributed by atoms with Crippen LogP contribution in [0.15, 0.2) is 42.5 Å². The first-order valence-electron chi connectivity index (χ1n) is 9.23. The van der Waals surface area contributed by atoms with E-state index in [9.17, 15) is 36.6 Å². The number of nitrogens with one attached hydrogen (secondary N) is 2. The minimum atomic E-state index is -4.73. The number of nitrogens with zero attached hydrogens (tertiary/aromatic N) is 4. The van der Waals surface area contributed by atoms with Gasteiger partial charge in [-0.2, -0.15) is 41.3 Å². The maximum atomic E-state index is 13.0. The Morgan fingerprint density at radius 1 is 0.788 bits per heavy atom. The van der Waals surface area contributed by atoms with Crippen LogP contribution in [0.5, 0.6) is 0 Å². The summed E-state index contributed by atoms with van der Waals surface area (Å²) in [4.78, 5) is 15.4. The first-order valence-corrected chi connectivity index (χ1v) is 9.23. The summed E-state index contributed by atoms with van der Waals surface area (Å²) in [6.07, 6.45) is -9.34. The highest BCUT2D eigenvalue weighted by atomic mass is 19.4. The highest BCUT2D eigenvalue weighted by molar-refractivity contribution is 5.59. The Morgan fingerprint density at radius 3 is 2.09 bits per heavy atom. The fourth-order valence-corrected chi connectivity index (χ4v) is 2.56. The predicted octanol–water partition coefficient (Wildman–Crippen LogP) is 3.48. The Balaban J connectivity index is 2.04. The van der Waals surface area contributed by atoms with Crippen LogP contribution in [0.2, 0.25) is 0 Å². The summed E-state index contributed by atoms with van der Waals surface area (Å²) >= 11 is 0. The van der Waals surface area contributed by atoms with Crippen molar-refractivity contribution in [2.75, 3.05) is 23.8 Å². The number of alkyl halides is 6. The number of rotatable bonds is 7. The Morgan fingerprint density at radius 2 is 1.45 bits per heavy atom. The van der Waals surface area contributed by atoms with E-state index in [2.05, 4.69) is 30.6 Å². The molecule has 0 radical (unpaired) electrons. The number of pyridine rings is 1. The molecule has 0 spiro atoms. The molecule has 2 heterocycles. The monoisotopic (exact) mass is 474 g/mol. The molecule has 2 aromatic heterocycles. The van der Waals surface area contributed by atoms with Crippen LogP contribution < -0.4 is 10.6 Å². The number of aromatic nitrogens is 4. The first-order chi connectivity index (χ1) is 15.5. The van der Waals surface area contributed by atoms with Crippen molar-refractivity contribution >= 4 is 17.6 Å². The van der Waals surface area contributed by atoms with Crippen LogP contribution in [0.4, 0.5) is 43.9 Å². The molecule has 0 atom stereocenters. The average Bonchev–Trinajstić information content (AvgIpc) is 2.76. The molecule has 0 fully saturated rings. The second-order valence-electron chi connectivity index (χ2n) is 6.62.